The maximum absolute atomic E-state index is 12.4. The van der Waals surface area contributed by atoms with Gasteiger partial charge in [-0.1, -0.05) is 31.0 Å². The first-order valence-corrected chi connectivity index (χ1v) is 6.78. The normalized spacial score (nSPS) is 21.0. The van der Waals surface area contributed by atoms with E-state index >= 15 is 0 Å². The Morgan fingerprint density at radius 1 is 1.24 bits per heavy atom. The minimum Gasteiger partial charge on any atom is -0.334 e. The van der Waals surface area contributed by atoms with Crippen LogP contribution >= 0.6 is 11.6 Å². The zero-order chi connectivity index (χ0) is 12.1. The van der Waals surface area contributed by atoms with Crippen molar-refractivity contribution in [3.8, 4) is 0 Å². The standard InChI is InChI=1S/C14H18ClNO/c15-11-13-9-5-2-6-10-16(13)14(17)12-7-3-1-4-8-12/h1,3-4,7-8,13H,2,5-6,9-11H2. The van der Waals surface area contributed by atoms with E-state index in [-0.39, 0.29) is 11.9 Å². The van der Waals surface area contributed by atoms with E-state index in [0.29, 0.717) is 5.88 Å². The minimum absolute atomic E-state index is 0.123. The van der Waals surface area contributed by atoms with E-state index in [2.05, 4.69) is 0 Å². The number of benzene rings is 1. The van der Waals surface area contributed by atoms with Gasteiger partial charge >= 0.3 is 0 Å². The third-order valence-corrected chi connectivity index (χ3v) is 3.69. The molecule has 0 bridgehead atoms. The SMILES string of the molecule is O=C(c1ccccc1)N1CCCCCC1CCl. The van der Waals surface area contributed by atoms with Crippen molar-refractivity contribution in [1.29, 1.82) is 0 Å². The zero-order valence-electron chi connectivity index (χ0n) is 9.94. The molecule has 1 aromatic carbocycles. The number of hydrogen-bond acceptors (Lipinski definition) is 1. The minimum atomic E-state index is 0.123. The monoisotopic (exact) mass is 251 g/mol. The summed E-state index contributed by atoms with van der Waals surface area (Å²) in [4.78, 5) is 14.3. The summed E-state index contributed by atoms with van der Waals surface area (Å²) < 4.78 is 0. The van der Waals surface area contributed by atoms with Crippen molar-refractivity contribution in [3.63, 3.8) is 0 Å². The van der Waals surface area contributed by atoms with E-state index in [4.69, 9.17) is 11.6 Å². The van der Waals surface area contributed by atoms with Crippen molar-refractivity contribution in [3.05, 3.63) is 35.9 Å². The fraction of sp³-hybridized carbons (Fsp3) is 0.500. The summed E-state index contributed by atoms with van der Waals surface area (Å²) in [6, 6.07) is 9.68. The first-order valence-electron chi connectivity index (χ1n) is 6.25. The summed E-state index contributed by atoms with van der Waals surface area (Å²) in [7, 11) is 0. The summed E-state index contributed by atoms with van der Waals surface area (Å²) >= 11 is 5.99. The maximum Gasteiger partial charge on any atom is 0.254 e. The summed E-state index contributed by atoms with van der Waals surface area (Å²) in [5, 5.41) is 0. The number of likely N-dealkylation sites (tertiary alicyclic amines) is 1. The highest BCUT2D eigenvalue weighted by atomic mass is 35.5. The van der Waals surface area contributed by atoms with Gasteiger partial charge in [-0.15, -0.1) is 11.6 Å². The van der Waals surface area contributed by atoms with Crippen LogP contribution in [-0.2, 0) is 0 Å². The summed E-state index contributed by atoms with van der Waals surface area (Å²) in [5.41, 5.74) is 0.768. The Labute approximate surface area is 108 Å². The Morgan fingerprint density at radius 3 is 2.71 bits per heavy atom. The second-order valence-corrected chi connectivity index (χ2v) is 4.83. The Kier molecular flexibility index (Phi) is 4.43. The van der Waals surface area contributed by atoms with Gasteiger partial charge in [0.25, 0.3) is 5.91 Å². The molecule has 1 saturated heterocycles. The van der Waals surface area contributed by atoms with Gasteiger partial charge in [-0.2, -0.15) is 0 Å². The lowest BCUT2D eigenvalue weighted by Crippen LogP contribution is -2.41. The molecule has 1 heterocycles. The molecule has 1 aliphatic heterocycles. The van der Waals surface area contributed by atoms with E-state index in [0.717, 1.165) is 24.9 Å². The fourth-order valence-corrected chi connectivity index (χ4v) is 2.67. The van der Waals surface area contributed by atoms with E-state index < -0.39 is 0 Å². The molecule has 1 aromatic rings. The first-order chi connectivity index (χ1) is 8.33. The van der Waals surface area contributed by atoms with Crippen LogP contribution in [0, 0.1) is 0 Å². The number of amides is 1. The molecule has 3 heteroatoms. The van der Waals surface area contributed by atoms with Crippen molar-refractivity contribution in [2.24, 2.45) is 0 Å². The van der Waals surface area contributed by atoms with E-state index in [1.165, 1.54) is 12.8 Å². The third kappa shape index (κ3) is 3.01. The lowest BCUT2D eigenvalue weighted by Gasteiger charge is -2.28. The number of hydrogen-bond donors (Lipinski definition) is 0. The molecule has 0 aromatic heterocycles. The molecular formula is C14H18ClNO. The lowest BCUT2D eigenvalue weighted by atomic mass is 10.1. The molecule has 2 rings (SSSR count). The van der Waals surface area contributed by atoms with Gasteiger partial charge in [0.15, 0.2) is 0 Å². The summed E-state index contributed by atoms with van der Waals surface area (Å²) in [6.07, 6.45) is 4.50. The molecule has 0 aliphatic carbocycles. The smallest absolute Gasteiger partial charge is 0.254 e. The molecule has 17 heavy (non-hydrogen) atoms. The average Bonchev–Trinajstić information content (AvgIpc) is 2.64. The van der Waals surface area contributed by atoms with Gasteiger partial charge in [0.1, 0.15) is 0 Å². The van der Waals surface area contributed by atoms with Crippen LogP contribution in [0.15, 0.2) is 30.3 Å². The van der Waals surface area contributed by atoms with Gasteiger partial charge in [-0.05, 0) is 25.0 Å². The predicted octanol–water partition coefficient (Wildman–Crippen LogP) is 3.31. The average molecular weight is 252 g/mol. The van der Waals surface area contributed by atoms with E-state index in [9.17, 15) is 4.79 Å². The molecule has 2 nitrogen and oxygen atoms in total. The molecule has 1 fully saturated rings. The Balaban J connectivity index is 2.16. The Morgan fingerprint density at radius 2 is 2.00 bits per heavy atom. The molecule has 0 spiro atoms. The third-order valence-electron chi connectivity index (χ3n) is 3.34. The molecule has 92 valence electrons. The van der Waals surface area contributed by atoms with Crippen LogP contribution in [0.4, 0.5) is 0 Å². The number of carbonyl (C=O) groups excluding carboxylic acids is 1. The molecule has 1 unspecified atom stereocenters. The molecule has 1 aliphatic rings. The van der Waals surface area contributed by atoms with Crippen molar-refractivity contribution in [1.82, 2.24) is 4.90 Å². The van der Waals surface area contributed by atoms with Crippen LogP contribution in [0.3, 0.4) is 0 Å². The molecule has 0 N–H and O–H groups in total. The van der Waals surface area contributed by atoms with Crippen LogP contribution in [0.1, 0.15) is 36.0 Å². The highest BCUT2D eigenvalue weighted by Gasteiger charge is 2.25. The van der Waals surface area contributed by atoms with Gasteiger partial charge in [-0.3, -0.25) is 4.79 Å². The highest BCUT2D eigenvalue weighted by Crippen LogP contribution is 2.20. The van der Waals surface area contributed by atoms with Crippen LogP contribution < -0.4 is 0 Å². The van der Waals surface area contributed by atoms with Crippen LogP contribution in [0.2, 0.25) is 0 Å². The fourth-order valence-electron chi connectivity index (χ4n) is 2.35. The van der Waals surface area contributed by atoms with E-state index in [1.807, 2.05) is 35.2 Å². The Bertz CT molecular complexity index is 366. The maximum atomic E-state index is 12.4. The van der Waals surface area contributed by atoms with Gasteiger partial charge in [0.05, 0.1) is 0 Å². The first kappa shape index (κ1) is 12.4. The van der Waals surface area contributed by atoms with Crippen LogP contribution in [0.5, 0.6) is 0 Å². The zero-order valence-corrected chi connectivity index (χ0v) is 10.7. The van der Waals surface area contributed by atoms with E-state index in [1.54, 1.807) is 0 Å². The van der Waals surface area contributed by atoms with Crippen molar-refractivity contribution in [2.45, 2.75) is 31.7 Å². The van der Waals surface area contributed by atoms with Gasteiger partial charge in [-0.25, -0.2) is 0 Å². The Hall–Kier alpha value is -1.02. The van der Waals surface area contributed by atoms with Crippen molar-refractivity contribution >= 4 is 17.5 Å². The predicted molar refractivity (Wildman–Crippen MR) is 70.5 cm³/mol. The molecule has 1 amide bonds. The highest BCUT2D eigenvalue weighted by molar-refractivity contribution is 6.18. The van der Waals surface area contributed by atoms with Gasteiger partial charge in [0, 0.05) is 24.0 Å². The molecule has 1 atom stereocenters. The number of halogens is 1. The lowest BCUT2D eigenvalue weighted by molar-refractivity contribution is 0.0700. The number of nitrogens with zero attached hydrogens (tertiary/aromatic N) is 1. The van der Waals surface area contributed by atoms with Crippen molar-refractivity contribution in [2.75, 3.05) is 12.4 Å². The van der Waals surface area contributed by atoms with Gasteiger partial charge < -0.3 is 4.90 Å². The molecular weight excluding hydrogens is 234 g/mol. The second-order valence-electron chi connectivity index (χ2n) is 4.52. The van der Waals surface area contributed by atoms with Crippen LogP contribution in [0.25, 0.3) is 0 Å². The summed E-state index contributed by atoms with van der Waals surface area (Å²) in [5.74, 6) is 0.664. The summed E-state index contributed by atoms with van der Waals surface area (Å²) in [6.45, 7) is 0.838. The second kappa shape index (κ2) is 6.06. The number of carbonyl (C=O) groups is 1. The largest absolute Gasteiger partial charge is 0.334 e. The van der Waals surface area contributed by atoms with Crippen molar-refractivity contribution < 1.29 is 4.79 Å². The number of alkyl halides is 1. The quantitative estimate of drug-likeness (QED) is 0.739. The van der Waals surface area contributed by atoms with Crippen LogP contribution in [-0.4, -0.2) is 29.3 Å². The topological polar surface area (TPSA) is 20.3 Å². The van der Waals surface area contributed by atoms with Gasteiger partial charge in [0.2, 0.25) is 0 Å². The number of rotatable bonds is 2. The molecule has 0 saturated carbocycles. The molecule has 0 radical (unpaired) electrons.